The predicted molar refractivity (Wildman–Crippen MR) is 213 cm³/mol. The summed E-state index contributed by atoms with van der Waals surface area (Å²) in [6, 6.07) is 20.1. The van der Waals surface area contributed by atoms with Crippen LogP contribution in [0.4, 0.5) is 0 Å². The Balaban J connectivity index is 1.38. The number of benzene rings is 7. The molecule has 8 heteroatoms. The highest BCUT2D eigenvalue weighted by Crippen LogP contribution is 2.51. The molecule has 0 aliphatic heterocycles. The summed E-state index contributed by atoms with van der Waals surface area (Å²) in [7, 11) is 0. The molecule has 4 aromatic heterocycles. The SMILES string of the molecule is CCCCc1ccc2nc3c4cc(Cl)c5c6c(Cl)cc7c(=O)n8c9cc(C)ccc9nc8c8cc(C)c(c9c(C)cc(c(=O)n3c2c1)c4c95)c6c78. The van der Waals surface area contributed by atoms with Crippen LogP contribution in [0.15, 0.2) is 70.3 Å². The minimum Gasteiger partial charge on any atom is -0.268 e. The van der Waals surface area contributed by atoms with Crippen LogP contribution < -0.4 is 11.1 Å². The molecule has 0 fully saturated rings. The van der Waals surface area contributed by atoms with Crippen molar-refractivity contribution in [1.29, 1.82) is 0 Å². The van der Waals surface area contributed by atoms with Crippen molar-refractivity contribution in [3.05, 3.63) is 114 Å². The molecule has 0 radical (unpaired) electrons. The molecule has 6 nitrogen and oxygen atoms in total. The molecule has 4 heterocycles. The van der Waals surface area contributed by atoms with E-state index < -0.39 is 0 Å². The average Bonchev–Trinajstić information content (AvgIpc) is 3.68. The number of aryl methyl sites for hydroxylation is 4. The van der Waals surface area contributed by atoms with Gasteiger partial charge in [0.15, 0.2) is 0 Å². The first-order chi connectivity index (χ1) is 24.7. The molecule has 51 heavy (non-hydrogen) atoms. The lowest BCUT2D eigenvalue weighted by Gasteiger charge is -2.22. The Morgan fingerprint density at radius 3 is 1.69 bits per heavy atom. The number of imidazole rings is 2. The van der Waals surface area contributed by atoms with Gasteiger partial charge in [-0.25, -0.2) is 9.97 Å². The largest absolute Gasteiger partial charge is 0.268 e. The van der Waals surface area contributed by atoms with E-state index >= 15 is 0 Å². The van der Waals surface area contributed by atoms with E-state index in [1.54, 1.807) is 14.9 Å². The van der Waals surface area contributed by atoms with Crippen LogP contribution in [0.25, 0.3) is 98.0 Å². The monoisotopic (exact) mass is 702 g/mol. The van der Waals surface area contributed by atoms with Gasteiger partial charge in [0.1, 0.15) is 11.3 Å². The van der Waals surface area contributed by atoms with Crippen molar-refractivity contribution < 1.29 is 0 Å². The van der Waals surface area contributed by atoms with Gasteiger partial charge in [-0.05, 0) is 115 Å². The molecule has 0 N–H and O–H groups in total. The highest BCUT2D eigenvalue weighted by atomic mass is 35.5. The lowest BCUT2D eigenvalue weighted by atomic mass is 9.83. The van der Waals surface area contributed by atoms with Crippen LogP contribution >= 0.6 is 23.2 Å². The second-order valence-corrected chi connectivity index (χ2v) is 15.2. The number of halogens is 2. The number of hydrogen-bond donors (Lipinski definition) is 0. The van der Waals surface area contributed by atoms with E-state index in [4.69, 9.17) is 33.2 Å². The molecule has 0 unspecified atom stereocenters. The summed E-state index contributed by atoms with van der Waals surface area (Å²) < 4.78 is 3.49. The summed E-state index contributed by atoms with van der Waals surface area (Å²) in [5.74, 6) is 0. The predicted octanol–water partition coefficient (Wildman–Crippen LogP) is 10.8. The van der Waals surface area contributed by atoms with E-state index in [2.05, 4.69) is 39.0 Å². The normalized spacial score (nSPS) is 12.9. The first-order valence-electron chi connectivity index (χ1n) is 17.4. The van der Waals surface area contributed by atoms with Gasteiger partial charge in [0.05, 0.1) is 27.5 Å². The molecule has 0 aliphatic carbocycles. The Morgan fingerprint density at radius 2 is 1.08 bits per heavy atom. The molecule has 0 spiro atoms. The Bertz CT molecular complexity index is 3490. The third-order valence-electron chi connectivity index (χ3n) is 11.3. The smallest absolute Gasteiger partial charge is 0.264 e. The van der Waals surface area contributed by atoms with E-state index in [1.807, 2.05) is 43.3 Å². The molecule has 0 bridgehead atoms. The Kier molecular flexibility index (Phi) is 5.61. The zero-order valence-electron chi connectivity index (χ0n) is 28.3. The lowest BCUT2D eigenvalue weighted by Crippen LogP contribution is -2.15. The van der Waals surface area contributed by atoms with Gasteiger partial charge in [-0.1, -0.05) is 48.7 Å². The van der Waals surface area contributed by atoms with Crippen molar-refractivity contribution >= 4 is 121 Å². The van der Waals surface area contributed by atoms with Crippen LogP contribution in [-0.4, -0.2) is 18.8 Å². The number of aromatic nitrogens is 4. The fourth-order valence-corrected chi connectivity index (χ4v) is 9.75. The van der Waals surface area contributed by atoms with E-state index in [1.165, 1.54) is 5.56 Å². The Hall–Kier alpha value is -5.30. The summed E-state index contributed by atoms with van der Waals surface area (Å²) in [4.78, 5) is 39.1. The second kappa shape index (κ2) is 9.72. The Morgan fingerprint density at radius 1 is 0.569 bits per heavy atom. The maximum absolute atomic E-state index is 14.6. The molecular formula is C43H28Cl2N4O2. The first kappa shape index (κ1) is 29.4. The van der Waals surface area contributed by atoms with E-state index in [0.29, 0.717) is 32.1 Å². The van der Waals surface area contributed by atoms with Crippen molar-refractivity contribution in [3.63, 3.8) is 0 Å². The van der Waals surface area contributed by atoms with Crippen LogP contribution in [0.2, 0.25) is 10.0 Å². The standard InChI is InChI=1S/C43H28Cl2N4O2/c1-5-6-7-21-9-11-29-31(15-21)49-41(47-29)23-16-26(44)36-37-27(45)17-25-34-22(40-46-28-10-8-18(2)12-30(28)48(40)43(25)51)13-19(3)32(38(34)37)33-20(4)14-24(42(49)50)35(23)39(33)36/h8-17H,5-7H2,1-4H3. The molecule has 7 aromatic carbocycles. The highest BCUT2D eigenvalue weighted by Gasteiger charge is 2.28. The van der Waals surface area contributed by atoms with Crippen molar-refractivity contribution in [2.75, 3.05) is 0 Å². The molecule has 246 valence electrons. The summed E-state index contributed by atoms with van der Waals surface area (Å²) in [6.45, 7) is 8.36. The lowest BCUT2D eigenvalue weighted by molar-refractivity contribution is 0.795. The van der Waals surface area contributed by atoms with Gasteiger partial charge in [-0.3, -0.25) is 18.4 Å². The average molecular weight is 704 g/mol. The molecule has 11 rings (SSSR count). The zero-order chi connectivity index (χ0) is 34.8. The van der Waals surface area contributed by atoms with Crippen LogP contribution in [0.3, 0.4) is 0 Å². The minimum atomic E-state index is -0.157. The first-order valence-corrected chi connectivity index (χ1v) is 18.1. The summed E-state index contributed by atoms with van der Waals surface area (Å²) >= 11 is 14.7. The molecule has 0 aliphatic rings. The number of fused-ring (bicyclic) bond motifs is 10. The second-order valence-electron chi connectivity index (χ2n) is 14.4. The third kappa shape index (κ3) is 3.50. The number of nitrogens with zero attached hydrogens (tertiary/aromatic N) is 4. The molecule has 0 saturated carbocycles. The number of unbranched alkanes of at least 4 members (excludes halogenated alkanes) is 1. The third-order valence-corrected chi connectivity index (χ3v) is 11.9. The van der Waals surface area contributed by atoms with Crippen molar-refractivity contribution in [2.45, 2.75) is 47.0 Å². The maximum Gasteiger partial charge on any atom is 0.264 e. The van der Waals surface area contributed by atoms with Crippen LogP contribution in [0.1, 0.15) is 42.0 Å². The topological polar surface area (TPSA) is 68.7 Å². The molecular weight excluding hydrogens is 675 g/mol. The minimum absolute atomic E-state index is 0.103. The summed E-state index contributed by atoms with van der Waals surface area (Å²) in [5, 5.41) is 10.8. The van der Waals surface area contributed by atoms with Gasteiger partial charge in [0, 0.05) is 58.5 Å². The maximum atomic E-state index is 14.6. The zero-order valence-corrected chi connectivity index (χ0v) is 29.8. The van der Waals surface area contributed by atoms with Gasteiger partial charge in [0.25, 0.3) is 11.1 Å². The van der Waals surface area contributed by atoms with Crippen molar-refractivity contribution in [1.82, 2.24) is 18.8 Å². The number of pyridine rings is 2. The molecule has 11 aromatic rings. The van der Waals surface area contributed by atoms with Crippen molar-refractivity contribution in [2.24, 2.45) is 0 Å². The Labute approximate surface area is 299 Å². The van der Waals surface area contributed by atoms with Gasteiger partial charge in [-0.2, -0.15) is 0 Å². The molecule has 0 amide bonds. The molecule has 0 atom stereocenters. The summed E-state index contributed by atoms with van der Waals surface area (Å²) in [5.41, 5.74) is 8.30. The van der Waals surface area contributed by atoms with E-state index in [9.17, 15) is 9.59 Å². The van der Waals surface area contributed by atoms with Crippen LogP contribution in [0.5, 0.6) is 0 Å². The number of hydrogen-bond acceptors (Lipinski definition) is 4. The van der Waals surface area contributed by atoms with Crippen molar-refractivity contribution in [3.8, 4) is 0 Å². The van der Waals surface area contributed by atoms with E-state index in [0.717, 1.165) is 112 Å². The summed E-state index contributed by atoms with van der Waals surface area (Å²) in [6.07, 6.45) is 3.12. The van der Waals surface area contributed by atoms with Gasteiger partial charge < -0.3 is 0 Å². The fraction of sp³-hybridized carbons (Fsp3) is 0.163. The van der Waals surface area contributed by atoms with E-state index in [-0.39, 0.29) is 11.1 Å². The van der Waals surface area contributed by atoms with Crippen LogP contribution in [0, 0.1) is 20.8 Å². The van der Waals surface area contributed by atoms with Gasteiger partial charge >= 0.3 is 0 Å². The van der Waals surface area contributed by atoms with Crippen LogP contribution in [-0.2, 0) is 6.42 Å². The highest BCUT2D eigenvalue weighted by molar-refractivity contribution is 6.52. The quantitative estimate of drug-likeness (QED) is 0.136. The molecule has 0 saturated heterocycles. The van der Waals surface area contributed by atoms with Gasteiger partial charge in [0.2, 0.25) is 0 Å². The number of rotatable bonds is 3. The fourth-order valence-electron chi connectivity index (χ4n) is 9.16. The van der Waals surface area contributed by atoms with Gasteiger partial charge in [-0.15, -0.1) is 0 Å².